The van der Waals surface area contributed by atoms with Crippen LogP contribution in [0, 0.1) is 5.41 Å². The normalized spacial score (nSPS) is 11.1. The molecule has 1 aromatic carbocycles. The smallest absolute Gasteiger partial charge is 0.309 e. The molecule has 0 saturated heterocycles. The number of rotatable bonds is 7. The summed E-state index contributed by atoms with van der Waals surface area (Å²) < 4.78 is 10.9. The first kappa shape index (κ1) is 14.4. The Morgan fingerprint density at radius 2 is 1.89 bits per heavy atom. The van der Waals surface area contributed by atoms with Gasteiger partial charge in [-0.05, 0) is 39.3 Å². The number of benzene rings is 1. The molecule has 0 aliphatic carbocycles. The number of carboxylic acid groups (broad SMARTS) is 1. The van der Waals surface area contributed by atoms with Crippen LogP contribution >= 0.6 is 0 Å². The van der Waals surface area contributed by atoms with Crippen LogP contribution in [0.4, 0.5) is 0 Å². The van der Waals surface area contributed by atoms with E-state index in [-0.39, 0.29) is 0 Å². The van der Waals surface area contributed by atoms with Crippen molar-refractivity contribution in [3.8, 4) is 11.5 Å². The van der Waals surface area contributed by atoms with Crippen molar-refractivity contribution in [1.29, 1.82) is 0 Å². The van der Waals surface area contributed by atoms with Crippen molar-refractivity contribution in [2.75, 3.05) is 13.2 Å². The molecule has 0 fully saturated rings. The number of ether oxygens (including phenoxy) is 2. The van der Waals surface area contributed by atoms with E-state index in [1.165, 1.54) is 0 Å². The third-order valence-electron chi connectivity index (χ3n) is 2.69. The number of aliphatic carboxylic acids is 1. The molecule has 0 spiro atoms. The van der Waals surface area contributed by atoms with Crippen molar-refractivity contribution in [2.45, 2.75) is 27.2 Å². The fourth-order valence-electron chi connectivity index (χ4n) is 1.35. The molecule has 0 bridgehead atoms. The predicted octanol–water partition coefficient (Wildman–Crippen LogP) is 2.97. The van der Waals surface area contributed by atoms with E-state index in [1.54, 1.807) is 19.9 Å². The van der Waals surface area contributed by atoms with Gasteiger partial charge in [-0.15, -0.1) is 0 Å². The fraction of sp³-hybridized carbons (Fsp3) is 0.500. The molecule has 0 amide bonds. The van der Waals surface area contributed by atoms with Crippen LogP contribution < -0.4 is 9.47 Å². The van der Waals surface area contributed by atoms with Crippen LogP contribution in [0.15, 0.2) is 24.3 Å². The zero-order valence-electron chi connectivity index (χ0n) is 11.1. The minimum Gasteiger partial charge on any atom is -0.494 e. The summed E-state index contributed by atoms with van der Waals surface area (Å²) in [7, 11) is 0. The number of carbonyl (C=O) groups is 1. The molecule has 0 atom stereocenters. The van der Waals surface area contributed by atoms with Gasteiger partial charge in [-0.2, -0.15) is 0 Å². The van der Waals surface area contributed by atoms with Crippen molar-refractivity contribution >= 4 is 5.97 Å². The average Bonchev–Trinajstić information content (AvgIpc) is 2.29. The molecule has 0 aromatic heterocycles. The van der Waals surface area contributed by atoms with E-state index in [0.29, 0.717) is 25.4 Å². The molecule has 4 nitrogen and oxygen atoms in total. The topological polar surface area (TPSA) is 55.8 Å². The third-order valence-corrected chi connectivity index (χ3v) is 2.69. The molecular formula is C14H20O4. The second-order valence-corrected chi connectivity index (χ2v) is 4.70. The lowest BCUT2D eigenvalue weighted by atomic mass is 9.90. The van der Waals surface area contributed by atoms with Gasteiger partial charge in [0.25, 0.3) is 0 Å². The Hall–Kier alpha value is -1.71. The molecule has 0 aliphatic rings. The summed E-state index contributed by atoms with van der Waals surface area (Å²) in [4.78, 5) is 10.9. The predicted molar refractivity (Wildman–Crippen MR) is 69.1 cm³/mol. The second kappa shape index (κ2) is 6.28. The summed E-state index contributed by atoms with van der Waals surface area (Å²) in [5.41, 5.74) is -0.766. The van der Waals surface area contributed by atoms with Crippen LogP contribution in [0.1, 0.15) is 27.2 Å². The SMILES string of the molecule is CCOc1cccc(OCCC(C)(C)C(=O)O)c1. The Kier molecular flexibility index (Phi) is 5.01. The van der Waals surface area contributed by atoms with E-state index in [1.807, 2.05) is 25.1 Å². The zero-order valence-corrected chi connectivity index (χ0v) is 11.1. The first-order valence-electron chi connectivity index (χ1n) is 6.05. The van der Waals surface area contributed by atoms with Gasteiger partial charge in [0.2, 0.25) is 0 Å². The zero-order chi connectivity index (χ0) is 13.6. The molecule has 0 aliphatic heterocycles. The summed E-state index contributed by atoms with van der Waals surface area (Å²) in [6.07, 6.45) is 0.460. The van der Waals surface area contributed by atoms with Crippen molar-refractivity contribution in [3.05, 3.63) is 24.3 Å². The van der Waals surface area contributed by atoms with Crippen LogP contribution in [0.3, 0.4) is 0 Å². The Labute approximate surface area is 108 Å². The van der Waals surface area contributed by atoms with Crippen molar-refractivity contribution < 1.29 is 19.4 Å². The highest BCUT2D eigenvalue weighted by Gasteiger charge is 2.26. The minimum atomic E-state index is -0.811. The third kappa shape index (κ3) is 4.28. The van der Waals surface area contributed by atoms with E-state index >= 15 is 0 Å². The Morgan fingerprint density at radius 3 is 2.44 bits per heavy atom. The van der Waals surface area contributed by atoms with Crippen LogP contribution in [-0.2, 0) is 4.79 Å². The molecule has 18 heavy (non-hydrogen) atoms. The Balaban J connectivity index is 2.49. The summed E-state index contributed by atoms with van der Waals surface area (Å²) >= 11 is 0. The molecular weight excluding hydrogens is 232 g/mol. The van der Waals surface area contributed by atoms with E-state index < -0.39 is 11.4 Å². The summed E-state index contributed by atoms with van der Waals surface area (Å²) in [5.74, 6) is 0.642. The van der Waals surface area contributed by atoms with E-state index in [0.717, 1.165) is 5.75 Å². The molecule has 0 heterocycles. The molecule has 0 saturated carbocycles. The first-order chi connectivity index (χ1) is 8.45. The number of hydrogen-bond acceptors (Lipinski definition) is 3. The quantitative estimate of drug-likeness (QED) is 0.810. The van der Waals surface area contributed by atoms with Crippen molar-refractivity contribution in [1.82, 2.24) is 0 Å². The molecule has 0 radical (unpaired) electrons. The van der Waals surface area contributed by atoms with Gasteiger partial charge in [-0.1, -0.05) is 6.07 Å². The fourth-order valence-corrected chi connectivity index (χ4v) is 1.35. The molecule has 4 heteroatoms. The molecule has 1 N–H and O–H groups in total. The maximum absolute atomic E-state index is 10.9. The lowest BCUT2D eigenvalue weighted by molar-refractivity contribution is -0.147. The van der Waals surface area contributed by atoms with Gasteiger partial charge in [0.05, 0.1) is 18.6 Å². The number of hydrogen-bond donors (Lipinski definition) is 1. The highest BCUT2D eigenvalue weighted by atomic mass is 16.5. The maximum Gasteiger partial charge on any atom is 0.309 e. The van der Waals surface area contributed by atoms with Crippen molar-refractivity contribution in [2.24, 2.45) is 5.41 Å². The van der Waals surface area contributed by atoms with Crippen LogP contribution in [0.5, 0.6) is 11.5 Å². The summed E-state index contributed by atoms with van der Waals surface area (Å²) in [6, 6.07) is 7.34. The lowest BCUT2D eigenvalue weighted by Gasteiger charge is -2.19. The second-order valence-electron chi connectivity index (χ2n) is 4.70. The largest absolute Gasteiger partial charge is 0.494 e. The van der Waals surface area contributed by atoms with Crippen LogP contribution in [-0.4, -0.2) is 24.3 Å². The number of carboxylic acids is 1. The van der Waals surface area contributed by atoms with Crippen molar-refractivity contribution in [3.63, 3.8) is 0 Å². The van der Waals surface area contributed by atoms with Crippen LogP contribution in [0.25, 0.3) is 0 Å². The van der Waals surface area contributed by atoms with Gasteiger partial charge < -0.3 is 14.6 Å². The molecule has 0 unspecified atom stereocenters. The summed E-state index contributed by atoms with van der Waals surface area (Å²) in [6.45, 7) is 6.28. The Morgan fingerprint density at radius 1 is 1.28 bits per heavy atom. The van der Waals surface area contributed by atoms with Gasteiger partial charge in [0.1, 0.15) is 11.5 Å². The van der Waals surface area contributed by atoms with E-state index in [9.17, 15) is 4.79 Å². The highest BCUT2D eigenvalue weighted by Crippen LogP contribution is 2.23. The molecule has 1 rings (SSSR count). The van der Waals surface area contributed by atoms with Gasteiger partial charge in [-0.3, -0.25) is 4.79 Å². The van der Waals surface area contributed by atoms with Gasteiger partial charge in [-0.25, -0.2) is 0 Å². The van der Waals surface area contributed by atoms with Gasteiger partial charge in [0, 0.05) is 6.07 Å². The average molecular weight is 252 g/mol. The Bertz CT molecular complexity index is 399. The first-order valence-corrected chi connectivity index (χ1v) is 6.05. The highest BCUT2D eigenvalue weighted by molar-refractivity contribution is 5.73. The molecule has 1 aromatic rings. The van der Waals surface area contributed by atoms with Crippen LogP contribution in [0.2, 0.25) is 0 Å². The van der Waals surface area contributed by atoms with E-state index in [4.69, 9.17) is 14.6 Å². The van der Waals surface area contributed by atoms with Gasteiger partial charge >= 0.3 is 5.97 Å². The van der Waals surface area contributed by atoms with Gasteiger partial charge in [0.15, 0.2) is 0 Å². The maximum atomic E-state index is 10.9. The molecule has 100 valence electrons. The summed E-state index contributed by atoms with van der Waals surface area (Å²) in [5, 5.41) is 8.98. The standard InChI is InChI=1S/C14H20O4/c1-4-17-11-6-5-7-12(10-11)18-9-8-14(2,3)13(15)16/h5-7,10H,4,8-9H2,1-3H3,(H,15,16). The monoisotopic (exact) mass is 252 g/mol. The lowest BCUT2D eigenvalue weighted by Crippen LogP contribution is -2.25. The van der Waals surface area contributed by atoms with E-state index in [2.05, 4.69) is 0 Å². The minimum absolute atomic E-state index is 0.370.